The Balaban J connectivity index is 2.27. The fraction of sp³-hybridized carbons (Fsp3) is 0.235. The van der Waals surface area contributed by atoms with Gasteiger partial charge < -0.3 is 10.4 Å². The Morgan fingerprint density at radius 2 is 1.55 bits per heavy atom. The van der Waals surface area contributed by atoms with E-state index in [-0.39, 0.29) is 12.6 Å². The summed E-state index contributed by atoms with van der Waals surface area (Å²) in [5, 5.41) is 15.1. The molecular formula is C17H18N2O. The molecule has 2 aromatic carbocycles. The summed E-state index contributed by atoms with van der Waals surface area (Å²) >= 11 is 0. The normalized spacial score (nSPS) is 12.7. The van der Waals surface area contributed by atoms with Crippen LogP contribution in [-0.2, 0) is 0 Å². The van der Waals surface area contributed by atoms with Gasteiger partial charge in [-0.1, -0.05) is 43.3 Å². The standard InChI is InChI=1S/C17H18N2O/c1-2-12(11-20)18-17-13-7-3-5-9-15(13)19-16-10-6-4-8-14(16)17/h3-10,12,20H,2,11H2,1H3,(H,18,19). The van der Waals surface area contributed by atoms with Crippen LogP contribution in [0.25, 0.3) is 21.8 Å². The van der Waals surface area contributed by atoms with Gasteiger partial charge in [0.25, 0.3) is 0 Å². The highest BCUT2D eigenvalue weighted by Gasteiger charge is 2.11. The van der Waals surface area contributed by atoms with E-state index in [4.69, 9.17) is 4.98 Å². The van der Waals surface area contributed by atoms with Crippen molar-refractivity contribution in [2.45, 2.75) is 19.4 Å². The van der Waals surface area contributed by atoms with Crippen LogP contribution in [0, 0.1) is 0 Å². The number of nitrogens with zero attached hydrogens (tertiary/aromatic N) is 1. The van der Waals surface area contributed by atoms with Gasteiger partial charge in [0, 0.05) is 16.8 Å². The summed E-state index contributed by atoms with van der Waals surface area (Å²) in [5.41, 5.74) is 3.01. The predicted molar refractivity (Wildman–Crippen MR) is 84.0 cm³/mol. The van der Waals surface area contributed by atoms with Gasteiger partial charge in [-0.3, -0.25) is 0 Å². The van der Waals surface area contributed by atoms with Gasteiger partial charge in [-0.2, -0.15) is 0 Å². The van der Waals surface area contributed by atoms with Crippen LogP contribution < -0.4 is 5.32 Å². The van der Waals surface area contributed by atoms with Crippen molar-refractivity contribution in [2.75, 3.05) is 11.9 Å². The number of nitrogens with one attached hydrogen (secondary N) is 1. The van der Waals surface area contributed by atoms with Crippen molar-refractivity contribution in [1.29, 1.82) is 0 Å². The highest BCUT2D eigenvalue weighted by Crippen LogP contribution is 2.31. The highest BCUT2D eigenvalue weighted by molar-refractivity contribution is 6.07. The van der Waals surface area contributed by atoms with E-state index in [2.05, 4.69) is 24.4 Å². The SMILES string of the molecule is CCC(CO)Nc1c2ccccc2nc2ccccc12. The zero-order valence-corrected chi connectivity index (χ0v) is 11.5. The number of rotatable bonds is 4. The van der Waals surface area contributed by atoms with E-state index in [0.29, 0.717) is 0 Å². The molecule has 0 fully saturated rings. The molecule has 0 spiro atoms. The molecule has 3 nitrogen and oxygen atoms in total. The third kappa shape index (κ3) is 2.21. The molecule has 0 aliphatic carbocycles. The van der Waals surface area contributed by atoms with Crippen LogP contribution in [0.1, 0.15) is 13.3 Å². The first kappa shape index (κ1) is 12.9. The lowest BCUT2D eigenvalue weighted by molar-refractivity contribution is 0.272. The van der Waals surface area contributed by atoms with Crippen molar-refractivity contribution in [3.05, 3.63) is 48.5 Å². The molecule has 0 amide bonds. The molecule has 2 N–H and O–H groups in total. The quantitative estimate of drug-likeness (QED) is 0.710. The first-order valence-corrected chi connectivity index (χ1v) is 6.98. The second-order valence-corrected chi connectivity index (χ2v) is 4.95. The van der Waals surface area contributed by atoms with Gasteiger partial charge in [-0.05, 0) is 18.6 Å². The van der Waals surface area contributed by atoms with E-state index in [1.165, 1.54) is 0 Å². The summed E-state index contributed by atoms with van der Waals surface area (Å²) < 4.78 is 0. The number of hydrogen-bond acceptors (Lipinski definition) is 3. The Morgan fingerprint density at radius 3 is 2.05 bits per heavy atom. The highest BCUT2D eigenvalue weighted by atomic mass is 16.3. The molecule has 0 aliphatic heterocycles. The number of aromatic nitrogens is 1. The van der Waals surface area contributed by atoms with E-state index in [1.807, 2.05) is 36.4 Å². The van der Waals surface area contributed by atoms with Crippen molar-refractivity contribution in [1.82, 2.24) is 4.98 Å². The molecule has 0 aliphatic rings. The van der Waals surface area contributed by atoms with Crippen molar-refractivity contribution in [2.24, 2.45) is 0 Å². The Kier molecular flexibility index (Phi) is 3.52. The lowest BCUT2D eigenvalue weighted by Gasteiger charge is -2.19. The molecule has 0 saturated heterocycles. The Bertz CT molecular complexity index is 681. The van der Waals surface area contributed by atoms with Crippen LogP contribution in [0.5, 0.6) is 0 Å². The number of aliphatic hydroxyl groups excluding tert-OH is 1. The molecule has 3 heteroatoms. The minimum absolute atomic E-state index is 0.0595. The molecule has 1 unspecified atom stereocenters. The molecule has 1 aromatic heterocycles. The lowest BCUT2D eigenvalue weighted by atomic mass is 10.1. The fourth-order valence-corrected chi connectivity index (χ4v) is 2.48. The van der Waals surface area contributed by atoms with Crippen LogP contribution in [0.3, 0.4) is 0 Å². The summed E-state index contributed by atoms with van der Waals surface area (Å²) in [4.78, 5) is 4.69. The van der Waals surface area contributed by atoms with Crippen molar-refractivity contribution in [3.8, 4) is 0 Å². The van der Waals surface area contributed by atoms with E-state index < -0.39 is 0 Å². The van der Waals surface area contributed by atoms with Crippen LogP contribution in [0.2, 0.25) is 0 Å². The second-order valence-electron chi connectivity index (χ2n) is 4.95. The maximum atomic E-state index is 9.45. The molecule has 1 atom stereocenters. The van der Waals surface area contributed by atoms with Gasteiger partial charge in [0.2, 0.25) is 0 Å². The maximum absolute atomic E-state index is 9.45. The van der Waals surface area contributed by atoms with Crippen molar-refractivity contribution >= 4 is 27.5 Å². The zero-order valence-electron chi connectivity index (χ0n) is 11.5. The average molecular weight is 266 g/mol. The maximum Gasteiger partial charge on any atom is 0.0730 e. The first-order chi connectivity index (χ1) is 9.83. The number of benzene rings is 2. The second kappa shape index (κ2) is 5.47. The summed E-state index contributed by atoms with van der Waals surface area (Å²) in [5.74, 6) is 0. The molecule has 20 heavy (non-hydrogen) atoms. The van der Waals surface area contributed by atoms with Crippen LogP contribution in [0.15, 0.2) is 48.5 Å². The summed E-state index contributed by atoms with van der Waals surface area (Å²) in [6, 6.07) is 16.3. The van der Waals surface area contributed by atoms with Gasteiger partial charge in [0.1, 0.15) is 0 Å². The predicted octanol–water partition coefficient (Wildman–Crippen LogP) is 3.57. The van der Waals surface area contributed by atoms with Crippen molar-refractivity contribution in [3.63, 3.8) is 0 Å². The lowest BCUT2D eigenvalue weighted by Crippen LogP contribution is -2.22. The number of anilines is 1. The van der Waals surface area contributed by atoms with E-state index in [0.717, 1.165) is 33.9 Å². The minimum atomic E-state index is 0.0595. The Hall–Kier alpha value is -2.13. The third-order valence-corrected chi connectivity index (χ3v) is 3.65. The first-order valence-electron chi connectivity index (χ1n) is 6.98. The van der Waals surface area contributed by atoms with Crippen LogP contribution >= 0.6 is 0 Å². The molecule has 102 valence electrons. The summed E-state index contributed by atoms with van der Waals surface area (Å²) in [7, 11) is 0. The van der Waals surface area contributed by atoms with Crippen LogP contribution in [0.4, 0.5) is 5.69 Å². The monoisotopic (exact) mass is 266 g/mol. The number of pyridine rings is 1. The third-order valence-electron chi connectivity index (χ3n) is 3.65. The summed E-state index contributed by atoms with van der Waals surface area (Å²) in [6.45, 7) is 2.20. The van der Waals surface area contributed by atoms with Gasteiger partial charge in [-0.15, -0.1) is 0 Å². The summed E-state index contributed by atoms with van der Waals surface area (Å²) in [6.07, 6.45) is 0.876. The largest absolute Gasteiger partial charge is 0.394 e. The Morgan fingerprint density at radius 1 is 1.00 bits per heavy atom. The van der Waals surface area contributed by atoms with Gasteiger partial charge >= 0.3 is 0 Å². The molecule has 3 rings (SSSR count). The van der Waals surface area contributed by atoms with Crippen molar-refractivity contribution < 1.29 is 5.11 Å². The number of hydrogen-bond donors (Lipinski definition) is 2. The Labute approximate surface area is 118 Å². The van der Waals surface area contributed by atoms with Gasteiger partial charge in [0.15, 0.2) is 0 Å². The van der Waals surface area contributed by atoms with E-state index in [9.17, 15) is 5.11 Å². The molecule has 3 aromatic rings. The van der Waals surface area contributed by atoms with E-state index >= 15 is 0 Å². The van der Waals surface area contributed by atoms with Crippen LogP contribution in [-0.4, -0.2) is 22.7 Å². The minimum Gasteiger partial charge on any atom is -0.394 e. The molecular weight excluding hydrogens is 248 g/mol. The smallest absolute Gasteiger partial charge is 0.0730 e. The molecule has 0 saturated carbocycles. The topological polar surface area (TPSA) is 45.1 Å². The van der Waals surface area contributed by atoms with Gasteiger partial charge in [-0.25, -0.2) is 4.98 Å². The number of fused-ring (bicyclic) bond motifs is 2. The molecule has 1 heterocycles. The zero-order chi connectivity index (χ0) is 13.9. The number of para-hydroxylation sites is 2. The molecule has 0 radical (unpaired) electrons. The van der Waals surface area contributed by atoms with Gasteiger partial charge in [0.05, 0.1) is 23.3 Å². The van der Waals surface area contributed by atoms with E-state index in [1.54, 1.807) is 0 Å². The fourth-order valence-electron chi connectivity index (χ4n) is 2.48. The number of aliphatic hydroxyl groups is 1. The average Bonchev–Trinajstić information content (AvgIpc) is 2.51. The molecule has 0 bridgehead atoms.